The van der Waals surface area contributed by atoms with Crippen molar-refractivity contribution in [3.05, 3.63) is 24.3 Å². The minimum absolute atomic E-state index is 0.0759. The molecule has 0 aliphatic carbocycles. The van der Waals surface area contributed by atoms with Gasteiger partial charge in [0.25, 0.3) is 5.91 Å². The van der Waals surface area contributed by atoms with Crippen LogP contribution in [0.3, 0.4) is 0 Å². The minimum Gasteiger partial charge on any atom is -0.491 e. The molecule has 1 aromatic carbocycles. The van der Waals surface area contributed by atoms with Crippen molar-refractivity contribution >= 4 is 11.6 Å². The van der Waals surface area contributed by atoms with Gasteiger partial charge in [-0.3, -0.25) is 4.79 Å². The minimum atomic E-state index is -0.797. The number of ether oxygens (including phenoxy) is 2. The summed E-state index contributed by atoms with van der Waals surface area (Å²) in [6.07, 6.45) is 2.53. The lowest BCUT2D eigenvalue weighted by atomic mass is 9.84. The van der Waals surface area contributed by atoms with Crippen molar-refractivity contribution in [2.45, 2.75) is 72.5 Å². The van der Waals surface area contributed by atoms with Crippen LogP contribution in [0.2, 0.25) is 0 Å². The van der Waals surface area contributed by atoms with Crippen molar-refractivity contribution in [3.63, 3.8) is 0 Å². The summed E-state index contributed by atoms with van der Waals surface area (Å²) in [5, 5.41) is 3.02. The molecule has 1 N–H and O–H groups in total. The maximum atomic E-state index is 13.0. The van der Waals surface area contributed by atoms with E-state index in [1.54, 1.807) is 7.11 Å². The van der Waals surface area contributed by atoms with Gasteiger partial charge in [0.15, 0.2) is 0 Å². The molecule has 142 valence electrons. The Balaban J connectivity index is 2.88. The lowest BCUT2D eigenvalue weighted by molar-refractivity contribution is -0.142. The molecule has 1 amide bonds. The lowest BCUT2D eigenvalue weighted by Crippen LogP contribution is -2.46. The Hall–Kier alpha value is -1.55. The SMILES string of the molecule is CCC(C)Oc1ccc(NC(=O)C(CC(C)C)(CC(C)C)OC)cc1. The van der Waals surface area contributed by atoms with Crippen LogP contribution in [0.15, 0.2) is 24.3 Å². The smallest absolute Gasteiger partial charge is 0.256 e. The monoisotopic (exact) mass is 349 g/mol. The first-order valence-electron chi connectivity index (χ1n) is 9.35. The van der Waals surface area contributed by atoms with Crippen LogP contribution in [0.5, 0.6) is 5.75 Å². The summed E-state index contributed by atoms with van der Waals surface area (Å²) < 4.78 is 11.5. The third kappa shape index (κ3) is 6.69. The van der Waals surface area contributed by atoms with E-state index >= 15 is 0 Å². The highest BCUT2D eigenvalue weighted by Gasteiger charge is 2.39. The van der Waals surface area contributed by atoms with E-state index in [0.29, 0.717) is 24.7 Å². The van der Waals surface area contributed by atoms with Crippen LogP contribution >= 0.6 is 0 Å². The molecule has 4 nitrogen and oxygen atoms in total. The fraction of sp³-hybridized carbons (Fsp3) is 0.667. The lowest BCUT2D eigenvalue weighted by Gasteiger charge is -2.34. The molecular formula is C21H35NO3. The number of nitrogens with one attached hydrogen (secondary N) is 1. The second-order valence-electron chi connectivity index (χ2n) is 7.71. The summed E-state index contributed by atoms with van der Waals surface area (Å²) in [5.74, 6) is 1.48. The van der Waals surface area contributed by atoms with Crippen LogP contribution in [-0.4, -0.2) is 24.7 Å². The maximum Gasteiger partial charge on any atom is 0.256 e. The zero-order valence-electron chi connectivity index (χ0n) is 16.9. The normalized spacial score (nSPS) is 13.2. The second-order valence-corrected chi connectivity index (χ2v) is 7.71. The van der Waals surface area contributed by atoms with Crippen LogP contribution < -0.4 is 10.1 Å². The maximum absolute atomic E-state index is 13.0. The molecule has 0 bridgehead atoms. The first-order chi connectivity index (χ1) is 11.7. The van der Waals surface area contributed by atoms with E-state index in [-0.39, 0.29) is 12.0 Å². The third-order valence-corrected chi connectivity index (χ3v) is 4.30. The third-order valence-electron chi connectivity index (χ3n) is 4.30. The van der Waals surface area contributed by atoms with Gasteiger partial charge >= 0.3 is 0 Å². The molecule has 25 heavy (non-hydrogen) atoms. The molecule has 0 aliphatic rings. The number of carbonyl (C=O) groups is 1. The van der Waals surface area contributed by atoms with E-state index in [9.17, 15) is 4.79 Å². The average Bonchev–Trinajstić information content (AvgIpc) is 2.54. The van der Waals surface area contributed by atoms with Crippen molar-refractivity contribution < 1.29 is 14.3 Å². The van der Waals surface area contributed by atoms with Gasteiger partial charge in [0.1, 0.15) is 11.4 Å². The van der Waals surface area contributed by atoms with Gasteiger partial charge in [-0.05, 0) is 62.3 Å². The summed E-state index contributed by atoms with van der Waals surface area (Å²) in [6.45, 7) is 12.6. The van der Waals surface area contributed by atoms with E-state index in [1.807, 2.05) is 31.2 Å². The van der Waals surface area contributed by atoms with Gasteiger partial charge in [0, 0.05) is 12.8 Å². The topological polar surface area (TPSA) is 47.6 Å². The Kier molecular flexibility index (Phi) is 8.43. The first-order valence-corrected chi connectivity index (χ1v) is 9.35. The fourth-order valence-electron chi connectivity index (χ4n) is 3.02. The molecular weight excluding hydrogens is 314 g/mol. The summed E-state index contributed by atoms with van der Waals surface area (Å²) in [5.41, 5.74) is -0.0377. The zero-order chi connectivity index (χ0) is 19.0. The number of rotatable bonds is 10. The van der Waals surface area contributed by atoms with Crippen LogP contribution in [0.4, 0.5) is 5.69 Å². The quantitative estimate of drug-likeness (QED) is 0.625. The van der Waals surface area contributed by atoms with Gasteiger partial charge in [0.05, 0.1) is 6.10 Å². The summed E-state index contributed by atoms with van der Waals surface area (Å²) in [4.78, 5) is 13.0. The molecule has 1 unspecified atom stereocenters. The molecule has 0 aliphatic heterocycles. The molecule has 1 rings (SSSR count). The molecule has 0 aromatic heterocycles. The number of anilines is 1. The molecule has 4 heteroatoms. The molecule has 1 aromatic rings. The predicted molar refractivity (Wildman–Crippen MR) is 104 cm³/mol. The Bertz CT molecular complexity index is 512. The van der Waals surface area contributed by atoms with Crippen LogP contribution in [0.1, 0.15) is 60.8 Å². The second kappa shape index (κ2) is 9.81. The van der Waals surface area contributed by atoms with Crippen molar-refractivity contribution in [2.24, 2.45) is 11.8 Å². The Morgan fingerprint density at radius 1 is 1.04 bits per heavy atom. The van der Waals surface area contributed by atoms with Gasteiger partial charge in [-0.1, -0.05) is 34.6 Å². The van der Waals surface area contributed by atoms with E-state index in [0.717, 1.165) is 17.9 Å². The predicted octanol–water partition coefficient (Wildman–Crippen LogP) is 5.28. The van der Waals surface area contributed by atoms with E-state index in [1.165, 1.54) is 0 Å². The number of amides is 1. The molecule has 0 radical (unpaired) electrons. The van der Waals surface area contributed by atoms with Crippen LogP contribution in [-0.2, 0) is 9.53 Å². The number of methoxy groups -OCH3 is 1. The summed E-state index contributed by atoms with van der Waals surface area (Å²) in [6, 6.07) is 7.53. The Morgan fingerprint density at radius 2 is 1.56 bits per heavy atom. The van der Waals surface area contributed by atoms with Gasteiger partial charge in [-0.25, -0.2) is 0 Å². The summed E-state index contributed by atoms with van der Waals surface area (Å²) in [7, 11) is 1.63. The first kappa shape index (κ1) is 21.5. The Labute approximate surface area is 153 Å². The van der Waals surface area contributed by atoms with Crippen LogP contribution in [0, 0.1) is 11.8 Å². The highest BCUT2D eigenvalue weighted by molar-refractivity contribution is 5.97. The zero-order valence-corrected chi connectivity index (χ0v) is 16.9. The van der Waals surface area contributed by atoms with Crippen molar-refractivity contribution in [3.8, 4) is 5.75 Å². The number of hydrogen-bond acceptors (Lipinski definition) is 3. The van der Waals surface area contributed by atoms with Gasteiger partial charge in [-0.15, -0.1) is 0 Å². The van der Waals surface area contributed by atoms with Crippen molar-refractivity contribution in [1.29, 1.82) is 0 Å². The molecule has 0 saturated carbocycles. The van der Waals surface area contributed by atoms with Crippen molar-refractivity contribution in [2.75, 3.05) is 12.4 Å². The van der Waals surface area contributed by atoms with E-state index in [2.05, 4.69) is 39.9 Å². The molecule has 0 spiro atoms. The van der Waals surface area contributed by atoms with Gasteiger partial charge in [0.2, 0.25) is 0 Å². The van der Waals surface area contributed by atoms with Gasteiger partial charge < -0.3 is 14.8 Å². The number of benzene rings is 1. The van der Waals surface area contributed by atoms with Gasteiger partial charge in [-0.2, -0.15) is 0 Å². The molecule has 0 heterocycles. The van der Waals surface area contributed by atoms with Crippen LogP contribution in [0.25, 0.3) is 0 Å². The standard InChI is InChI=1S/C21H35NO3/c1-8-17(6)25-19-11-9-18(10-12-19)22-20(23)21(24-7,13-15(2)3)14-16(4)5/h9-12,15-17H,8,13-14H2,1-7H3,(H,22,23). The van der Waals surface area contributed by atoms with Crippen molar-refractivity contribution in [1.82, 2.24) is 0 Å². The average molecular weight is 350 g/mol. The Morgan fingerprint density at radius 3 is 1.96 bits per heavy atom. The molecule has 0 fully saturated rings. The number of carbonyl (C=O) groups excluding carboxylic acids is 1. The highest BCUT2D eigenvalue weighted by atomic mass is 16.5. The molecule has 0 saturated heterocycles. The largest absolute Gasteiger partial charge is 0.491 e. The number of hydrogen-bond donors (Lipinski definition) is 1. The van der Waals surface area contributed by atoms with E-state index in [4.69, 9.17) is 9.47 Å². The van der Waals surface area contributed by atoms with E-state index < -0.39 is 5.60 Å². The summed E-state index contributed by atoms with van der Waals surface area (Å²) >= 11 is 0. The molecule has 1 atom stereocenters. The fourth-order valence-corrected chi connectivity index (χ4v) is 3.02. The highest BCUT2D eigenvalue weighted by Crippen LogP contribution is 2.30.